The maximum Gasteiger partial charge on any atom is 0.417 e. The van der Waals surface area contributed by atoms with E-state index < -0.39 is 29.6 Å². The van der Waals surface area contributed by atoms with Gasteiger partial charge in [-0.15, -0.1) is 0 Å². The van der Waals surface area contributed by atoms with Crippen molar-refractivity contribution >= 4 is 35.4 Å². The first-order valence-electron chi connectivity index (χ1n) is 10.3. The Morgan fingerprint density at radius 3 is 2.44 bits per heavy atom. The zero-order chi connectivity index (χ0) is 24.9. The Kier molecular flexibility index (Phi) is 8.03. The van der Waals surface area contributed by atoms with Gasteiger partial charge in [0.15, 0.2) is 11.5 Å². The molecule has 1 aliphatic heterocycles. The van der Waals surface area contributed by atoms with Gasteiger partial charge < -0.3 is 19.1 Å². The number of hydrogen-bond acceptors (Lipinski definition) is 7. The van der Waals surface area contributed by atoms with Gasteiger partial charge in [-0.2, -0.15) is 13.2 Å². The molecule has 0 N–H and O–H groups in total. The predicted octanol–water partition coefficient (Wildman–Crippen LogP) is 4.77. The number of rotatable bonds is 6. The van der Waals surface area contributed by atoms with Crippen molar-refractivity contribution in [2.75, 3.05) is 32.2 Å². The molecule has 0 aliphatic carbocycles. The maximum absolute atomic E-state index is 12.8. The summed E-state index contributed by atoms with van der Waals surface area (Å²) >= 11 is 6.03. The fraction of sp³-hybridized carbons (Fsp3) is 0.348. The van der Waals surface area contributed by atoms with Crippen molar-refractivity contribution in [1.82, 2.24) is 4.98 Å². The average molecular weight is 499 g/mol. The maximum atomic E-state index is 12.8. The summed E-state index contributed by atoms with van der Waals surface area (Å²) in [7, 11) is 2.70. The van der Waals surface area contributed by atoms with Crippen LogP contribution < -0.4 is 14.4 Å². The van der Waals surface area contributed by atoms with Crippen LogP contribution in [0, 0.1) is 5.92 Å². The van der Waals surface area contributed by atoms with Gasteiger partial charge in [-0.05, 0) is 42.7 Å². The number of piperidine rings is 1. The topological polar surface area (TPSA) is 78.0 Å². The standard InChI is InChI=1S/C23H22ClF3N2O5/c1-32-19-11-14(4-6-20(30)33-2)3-5-18(19)34-22(31)15-7-9-29(10-8-15)21-17(24)12-16(13-28-21)23(25,26)27/h3-6,11-13,15H,7-10H2,1-2H3/b6-4+. The van der Waals surface area contributed by atoms with Crippen LogP contribution in [-0.2, 0) is 20.5 Å². The van der Waals surface area contributed by atoms with E-state index in [1.807, 2.05) is 0 Å². The fourth-order valence-electron chi connectivity index (χ4n) is 3.44. The van der Waals surface area contributed by atoms with Crippen LogP contribution in [0.15, 0.2) is 36.5 Å². The smallest absolute Gasteiger partial charge is 0.417 e. The molecule has 0 amide bonds. The fourth-order valence-corrected chi connectivity index (χ4v) is 3.73. The van der Waals surface area contributed by atoms with Crippen molar-refractivity contribution in [1.29, 1.82) is 0 Å². The molecular formula is C23H22ClF3N2O5. The molecule has 3 rings (SSSR count). The molecule has 7 nitrogen and oxygen atoms in total. The summed E-state index contributed by atoms with van der Waals surface area (Å²) in [4.78, 5) is 29.6. The third kappa shape index (κ3) is 6.19. The van der Waals surface area contributed by atoms with Crippen LogP contribution in [0.3, 0.4) is 0 Å². The minimum Gasteiger partial charge on any atom is -0.493 e. The average Bonchev–Trinajstić information content (AvgIpc) is 2.82. The van der Waals surface area contributed by atoms with Crippen molar-refractivity contribution in [3.8, 4) is 11.5 Å². The van der Waals surface area contributed by atoms with Gasteiger partial charge in [0.25, 0.3) is 0 Å². The number of anilines is 1. The largest absolute Gasteiger partial charge is 0.493 e. The summed E-state index contributed by atoms with van der Waals surface area (Å²) < 4.78 is 53.9. The van der Waals surface area contributed by atoms with Gasteiger partial charge in [-0.1, -0.05) is 17.7 Å². The lowest BCUT2D eigenvalue weighted by molar-refractivity contribution is -0.140. The van der Waals surface area contributed by atoms with E-state index in [1.54, 1.807) is 23.1 Å². The predicted molar refractivity (Wildman–Crippen MR) is 119 cm³/mol. The lowest BCUT2D eigenvalue weighted by Gasteiger charge is -2.32. The van der Waals surface area contributed by atoms with Crippen LogP contribution in [0.4, 0.5) is 19.0 Å². The molecule has 0 atom stereocenters. The van der Waals surface area contributed by atoms with Gasteiger partial charge in [0.1, 0.15) is 5.82 Å². The number of pyridine rings is 1. The van der Waals surface area contributed by atoms with E-state index in [0.29, 0.717) is 37.2 Å². The van der Waals surface area contributed by atoms with Crippen molar-refractivity contribution in [2.45, 2.75) is 19.0 Å². The van der Waals surface area contributed by atoms with Gasteiger partial charge in [0.05, 0.1) is 30.7 Å². The molecule has 0 bridgehead atoms. The first-order valence-corrected chi connectivity index (χ1v) is 10.6. The Hall–Kier alpha value is -3.27. The highest BCUT2D eigenvalue weighted by Gasteiger charge is 2.33. The van der Waals surface area contributed by atoms with Crippen LogP contribution in [0.5, 0.6) is 11.5 Å². The van der Waals surface area contributed by atoms with Crippen molar-refractivity contribution < 1.29 is 37.0 Å². The van der Waals surface area contributed by atoms with E-state index in [9.17, 15) is 22.8 Å². The zero-order valence-corrected chi connectivity index (χ0v) is 19.2. The van der Waals surface area contributed by atoms with Crippen LogP contribution >= 0.6 is 11.6 Å². The number of aromatic nitrogens is 1. The Morgan fingerprint density at radius 2 is 1.85 bits per heavy atom. The lowest BCUT2D eigenvalue weighted by atomic mass is 9.97. The molecule has 0 radical (unpaired) electrons. The van der Waals surface area contributed by atoms with Crippen LogP contribution in [0.1, 0.15) is 24.0 Å². The summed E-state index contributed by atoms with van der Waals surface area (Å²) in [5, 5.41) is -0.0954. The summed E-state index contributed by atoms with van der Waals surface area (Å²) in [5.74, 6) is -0.557. The highest BCUT2D eigenvalue weighted by Crippen LogP contribution is 2.35. The van der Waals surface area contributed by atoms with Crippen LogP contribution in [-0.4, -0.2) is 44.2 Å². The molecule has 1 aromatic heterocycles. The number of carbonyl (C=O) groups is 2. The minimum absolute atomic E-state index is 0.0954. The van der Waals surface area contributed by atoms with Gasteiger partial charge in [0, 0.05) is 25.4 Å². The molecule has 0 saturated carbocycles. The molecule has 34 heavy (non-hydrogen) atoms. The third-order valence-corrected chi connectivity index (χ3v) is 5.57. The number of alkyl halides is 3. The molecule has 2 aromatic rings. The Morgan fingerprint density at radius 1 is 1.15 bits per heavy atom. The molecule has 1 fully saturated rings. The van der Waals surface area contributed by atoms with Crippen LogP contribution in [0.25, 0.3) is 6.08 Å². The van der Waals surface area contributed by atoms with E-state index in [2.05, 4.69) is 9.72 Å². The summed E-state index contributed by atoms with van der Waals surface area (Å²) in [6.45, 7) is 0.762. The highest BCUT2D eigenvalue weighted by molar-refractivity contribution is 6.33. The first-order chi connectivity index (χ1) is 16.1. The normalized spacial score (nSPS) is 14.8. The van der Waals surface area contributed by atoms with E-state index in [4.69, 9.17) is 21.1 Å². The van der Waals surface area contributed by atoms with Crippen molar-refractivity contribution in [3.63, 3.8) is 0 Å². The lowest BCUT2D eigenvalue weighted by Crippen LogP contribution is -2.38. The molecule has 11 heteroatoms. The first kappa shape index (κ1) is 25.4. The summed E-state index contributed by atoms with van der Waals surface area (Å²) in [6, 6.07) is 5.68. The molecule has 2 heterocycles. The number of halogens is 4. The molecular weight excluding hydrogens is 477 g/mol. The number of methoxy groups -OCH3 is 2. The molecule has 1 aromatic carbocycles. The molecule has 1 saturated heterocycles. The number of ether oxygens (including phenoxy) is 3. The van der Waals surface area contributed by atoms with Gasteiger partial charge >= 0.3 is 18.1 Å². The monoisotopic (exact) mass is 498 g/mol. The van der Waals surface area contributed by atoms with E-state index >= 15 is 0 Å². The summed E-state index contributed by atoms with van der Waals surface area (Å²) in [5.41, 5.74) is -0.267. The SMILES string of the molecule is COC(=O)/C=C/c1ccc(OC(=O)C2CCN(c3ncc(C(F)(F)F)cc3Cl)CC2)c(OC)c1. The van der Waals surface area contributed by atoms with Gasteiger partial charge in [0.2, 0.25) is 0 Å². The van der Waals surface area contributed by atoms with E-state index in [1.165, 1.54) is 26.4 Å². The Labute approximate surface area is 199 Å². The number of nitrogens with zero attached hydrogens (tertiary/aromatic N) is 2. The Bertz CT molecular complexity index is 1080. The van der Waals surface area contributed by atoms with Gasteiger partial charge in [-0.3, -0.25) is 4.79 Å². The second kappa shape index (κ2) is 10.8. The molecule has 0 unspecified atom stereocenters. The minimum atomic E-state index is -4.52. The number of carbonyl (C=O) groups excluding carboxylic acids is 2. The number of hydrogen-bond donors (Lipinski definition) is 0. The Balaban J connectivity index is 1.62. The number of benzene rings is 1. The van der Waals surface area contributed by atoms with Gasteiger partial charge in [-0.25, -0.2) is 9.78 Å². The van der Waals surface area contributed by atoms with Crippen molar-refractivity contribution in [2.24, 2.45) is 5.92 Å². The molecule has 182 valence electrons. The molecule has 1 aliphatic rings. The second-order valence-corrected chi connectivity index (χ2v) is 7.88. The van der Waals surface area contributed by atoms with Crippen molar-refractivity contribution in [3.05, 3.63) is 52.7 Å². The molecule has 0 spiro atoms. The van der Waals surface area contributed by atoms with E-state index in [0.717, 1.165) is 12.3 Å². The quantitative estimate of drug-likeness (QED) is 0.322. The summed E-state index contributed by atoms with van der Waals surface area (Å²) in [6.07, 6.45) is -0.150. The zero-order valence-electron chi connectivity index (χ0n) is 18.4. The highest BCUT2D eigenvalue weighted by atomic mass is 35.5. The van der Waals surface area contributed by atoms with Crippen LogP contribution in [0.2, 0.25) is 5.02 Å². The number of esters is 2. The second-order valence-electron chi connectivity index (χ2n) is 7.48. The third-order valence-electron chi connectivity index (χ3n) is 5.29. The van der Waals surface area contributed by atoms with E-state index in [-0.39, 0.29) is 16.6 Å².